The molecule has 1 aromatic carbocycles. The summed E-state index contributed by atoms with van der Waals surface area (Å²) in [6.45, 7) is 13.4. The van der Waals surface area contributed by atoms with Gasteiger partial charge >= 0.3 is 0 Å². The second-order valence-corrected chi connectivity index (χ2v) is 9.68. The van der Waals surface area contributed by atoms with Crippen LogP contribution in [0, 0.1) is 23.7 Å². The molecule has 2 heteroatoms. The van der Waals surface area contributed by atoms with E-state index >= 15 is 0 Å². The maximum absolute atomic E-state index is 10.5. The van der Waals surface area contributed by atoms with Crippen molar-refractivity contribution in [3.63, 3.8) is 0 Å². The lowest BCUT2D eigenvalue weighted by molar-refractivity contribution is -0.154. The van der Waals surface area contributed by atoms with Crippen LogP contribution >= 0.6 is 0 Å². The van der Waals surface area contributed by atoms with Gasteiger partial charge in [0.05, 0.1) is 0 Å². The van der Waals surface area contributed by atoms with Crippen molar-refractivity contribution in [2.45, 2.75) is 71.8 Å². The Labute approximate surface area is 147 Å². The molecule has 3 aliphatic rings. The zero-order valence-electron chi connectivity index (χ0n) is 16.2. The molecular weight excluding hydrogens is 294 g/mol. The number of hydrogen-bond acceptors (Lipinski definition) is 2. The molecule has 1 aliphatic heterocycles. The number of phenols is 1. The van der Waals surface area contributed by atoms with Crippen molar-refractivity contribution in [2.24, 2.45) is 16.7 Å². The van der Waals surface area contributed by atoms with E-state index in [4.69, 9.17) is 0 Å². The van der Waals surface area contributed by atoms with Gasteiger partial charge in [-0.3, -0.25) is 0 Å². The average Bonchev–Trinajstić information content (AvgIpc) is 2.51. The molecule has 1 N–H and O–H groups in total. The molecule has 1 saturated carbocycles. The Morgan fingerprint density at radius 3 is 2.58 bits per heavy atom. The highest BCUT2D eigenvalue weighted by Crippen LogP contribution is 2.70. The monoisotopic (exact) mass is 327 g/mol. The quantitative estimate of drug-likeness (QED) is 0.749. The molecule has 4 rings (SSSR count). The lowest BCUT2D eigenvalue weighted by atomic mass is 9.35. The van der Waals surface area contributed by atoms with E-state index < -0.39 is 0 Å². The molecule has 4 atom stereocenters. The van der Waals surface area contributed by atoms with E-state index in [0.717, 1.165) is 12.0 Å². The summed E-state index contributed by atoms with van der Waals surface area (Å²) in [5.41, 5.74) is 4.84. The van der Waals surface area contributed by atoms with E-state index in [9.17, 15) is 5.11 Å². The maximum atomic E-state index is 10.5. The second-order valence-electron chi connectivity index (χ2n) is 9.68. The number of likely N-dealkylation sites (tertiary alicyclic amines) is 1. The van der Waals surface area contributed by atoms with Crippen LogP contribution in [0.25, 0.3) is 0 Å². The van der Waals surface area contributed by atoms with Gasteiger partial charge in [-0.25, -0.2) is 0 Å². The highest BCUT2D eigenvalue weighted by molar-refractivity contribution is 5.54. The summed E-state index contributed by atoms with van der Waals surface area (Å²) < 4.78 is 0. The highest BCUT2D eigenvalue weighted by Gasteiger charge is 2.68. The Hall–Kier alpha value is -1.02. The number of benzene rings is 1. The molecule has 0 amide bonds. The molecule has 1 saturated heterocycles. The summed E-state index contributed by atoms with van der Waals surface area (Å²) in [7, 11) is 2.32. The fourth-order valence-electron chi connectivity index (χ4n) is 7.14. The Bertz CT molecular complexity index is 693. The Balaban J connectivity index is 2.10. The molecule has 1 heterocycles. The maximum Gasteiger partial charge on any atom is 0.118 e. The van der Waals surface area contributed by atoms with Crippen LogP contribution in [0.4, 0.5) is 0 Å². The van der Waals surface area contributed by atoms with Gasteiger partial charge in [-0.1, -0.05) is 33.8 Å². The fraction of sp³-hybridized carbons (Fsp3) is 0.727. The summed E-state index contributed by atoms with van der Waals surface area (Å²) >= 11 is 0. The van der Waals surface area contributed by atoms with Crippen molar-refractivity contribution in [1.29, 1.82) is 0 Å². The van der Waals surface area contributed by atoms with E-state index in [2.05, 4.69) is 52.6 Å². The van der Waals surface area contributed by atoms with Gasteiger partial charge in [0.2, 0.25) is 0 Å². The fourth-order valence-corrected chi connectivity index (χ4v) is 7.14. The standard InChI is InChI=1S/C22H33NO/c1-14-9-10-21(5)18-13-16-7-8-17(24)15(2)19(16)22(21,20(14,3)4)11-12-23(18)6/h7-8,14,18,24H,9-13H2,1-6H3/t14?,18-,21?,22+/m1/s1. The number of nitrogens with zero attached hydrogens (tertiary/aromatic N) is 1. The van der Waals surface area contributed by atoms with Crippen molar-refractivity contribution < 1.29 is 5.11 Å². The number of likely N-dealkylation sites (N-methyl/N-ethyl adjacent to an activating group) is 1. The van der Waals surface area contributed by atoms with Crippen LogP contribution < -0.4 is 0 Å². The predicted octanol–water partition coefficient (Wildman–Crippen LogP) is 4.66. The first kappa shape index (κ1) is 16.4. The Morgan fingerprint density at radius 2 is 1.88 bits per heavy atom. The average molecular weight is 328 g/mol. The molecule has 2 unspecified atom stereocenters. The van der Waals surface area contributed by atoms with Crippen LogP contribution in [-0.2, 0) is 11.8 Å². The molecule has 2 bridgehead atoms. The van der Waals surface area contributed by atoms with Crippen LogP contribution in [-0.4, -0.2) is 29.6 Å². The van der Waals surface area contributed by atoms with Crippen molar-refractivity contribution in [3.8, 4) is 5.75 Å². The van der Waals surface area contributed by atoms with Crippen LogP contribution in [0.1, 0.15) is 63.6 Å². The number of rotatable bonds is 0. The molecule has 2 nitrogen and oxygen atoms in total. The predicted molar refractivity (Wildman–Crippen MR) is 99.5 cm³/mol. The summed E-state index contributed by atoms with van der Waals surface area (Å²) in [6, 6.07) is 4.75. The third-order valence-corrected chi connectivity index (χ3v) is 8.87. The molecule has 0 radical (unpaired) electrons. The molecule has 0 spiro atoms. The summed E-state index contributed by atoms with van der Waals surface area (Å²) in [4.78, 5) is 2.62. The zero-order chi connectivity index (χ0) is 17.5. The van der Waals surface area contributed by atoms with Gasteiger partial charge in [0.1, 0.15) is 5.75 Å². The largest absolute Gasteiger partial charge is 0.508 e. The van der Waals surface area contributed by atoms with Gasteiger partial charge in [0.25, 0.3) is 0 Å². The van der Waals surface area contributed by atoms with Crippen molar-refractivity contribution >= 4 is 0 Å². The lowest BCUT2D eigenvalue weighted by Gasteiger charge is -2.72. The highest BCUT2D eigenvalue weighted by atomic mass is 16.3. The number of aromatic hydroxyl groups is 1. The number of hydrogen-bond donors (Lipinski definition) is 1. The van der Waals surface area contributed by atoms with Crippen LogP contribution in [0.5, 0.6) is 5.75 Å². The first-order chi connectivity index (χ1) is 11.2. The summed E-state index contributed by atoms with van der Waals surface area (Å²) in [6.07, 6.45) is 4.98. The van der Waals surface area contributed by atoms with Gasteiger partial charge in [-0.2, -0.15) is 0 Å². The van der Waals surface area contributed by atoms with Crippen LogP contribution in [0.15, 0.2) is 12.1 Å². The van der Waals surface area contributed by atoms with Crippen molar-refractivity contribution in [3.05, 3.63) is 28.8 Å². The first-order valence-electron chi connectivity index (χ1n) is 9.69. The van der Waals surface area contributed by atoms with Gasteiger partial charge < -0.3 is 10.0 Å². The number of fused-ring (bicyclic) bond motifs is 1. The SMILES string of the molecule is Cc1c(O)ccc2c1[C@]13CCN(C)[C@H](C2)C1(C)CCC(C)C3(C)C. The molecule has 2 aliphatic carbocycles. The molecule has 24 heavy (non-hydrogen) atoms. The minimum absolute atomic E-state index is 0.172. The molecule has 0 aromatic heterocycles. The molecule has 132 valence electrons. The van der Waals surface area contributed by atoms with Gasteiger partial charge in [-0.05, 0) is 85.7 Å². The molecular formula is C22H33NO. The van der Waals surface area contributed by atoms with E-state index in [-0.39, 0.29) is 10.8 Å². The Morgan fingerprint density at radius 1 is 1.17 bits per heavy atom. The normalized spacial score (nSPS) is 40.8. The summed E-state index contributed by atoms with van der Waals surface area (Å²) in [5, 5.41) is 10.5. The van der Waals surface area contributed by atoms with Crippen molar-refractivity contribution in [2.75, 3.05) is 13.6 Å². The second kappa shape index (κ2) is 4.78. The topological polar surface area (TPSA) is 23.5 Å². The third-order valence-electron chi connectivity index (χ3n) is 8.87. The van der Waals surface area contributed by atoms with Gasteiger partial charge in [0, 0.05) is 11.5 Å². The van der Waals surface area contributed by atoms with E-state index in [1.165, 1.54) is 36.9 Å². The molecule has 2 fully saturated rings. The Kier molecular flexibility index (Phi) is 3.28. The van der Waals surface area contributed by atoms with Crippen LogP contribution in [0.2, 0.25) is 0 Å². The zero-order valence-corrected chi connectivity index (χ0v) is 16.2. The van der Waals surface area contributed by atoms with E-state index in [1.807, 2.05) is 6.07 Å². The minimum atomic E-state index is 0.172. The minimum Gasteiger partial charge on any atom is -0.508 e. The van der Waals surface area contributed by atoms with Crippen molar-refractivity contribution in [1.82, 2.24) is 4.90 Å². The smallest absolute Gasteiger partial charge is 0.118 e. The van der Waals surface area contributed by atoms with E-state index in [0.29, 0.717) is 23.1 Å². The van der Waals surface area contributed by atoms with Gasteiger partial charge in [0.15, 0.2) is 0 Å². The van der Waals surface area contributed by atoms with Crippen LogP contribution in [0.3, 0.4) is 0 Å². The third kappa shape index (κ3) is 1.62. The van der Waals surface area contributed by atoms with Gasteiger partial charge in [-0.15, -0.1) is 0 Å². The molecule has 1 aromatic rings. The first-order valence-corrected chi connectivity index (χ1v) is 9.69. The van der Waals surface area contributed by atoms with E-state index in [1.54, 1.807) is 0 Å². The summed E-state index contributed by atoms with van der Waals surface area (Å²) in [5.74, 6) is 1.19. The lowest BCUT2D eigenvalue weighted by Crippen LogP contribution is -2.72. The number of piperidine rings is 1. The number of phenolic OH excluding ortho intramolecular Hbond substituents is 1.